The van der Waals surface area contributed by atoms with Crippen LogP contribution in [0, 0.1) is 11.6 Å². The van der Waals surface area contributed by atoms with Gasteiger partial charge >= 0.3 is 0 Å². The largest absolute Gasteiger partial charge is 0.341 e. The Morgan fingerprint density at radius 1 is 1.40 bits per heavy atom. The van der Waals surface area contributed by atoms with Gasteiger partial charge in [-0.25, -0.2) is 8.78 Å². The van der Waals surface area contributed by atoms with Gasteiger partial charge < -0.3 is 10.6 Å². The molecular formula is C14H19ClF2N2O. The van der Waals surface area contributed by atoms with Gasteiger partial charge in [0.25, 0.3) is 0 Å². The molecule has 0 aromatic heterocycles. The van der Waals surface area contributed by atoms with Gasteiger partial charge in [0.15, 0.2) is 0 Å². The predicted octanol–water partition coefficient (Wildman–Crippen LogP) is 2.62. The molecule has 2 N–H and O–H groups in total. The van der Waals surface area contributed by atoms with Gasteiger partial charge in [0.1, 0.15) is 11.6 Å². The maximum Gasteiger partial charge on any atom is 0.224 e. The second-order valence-corrected chi connectivity index (χ2v) is 5.38. The van der Waals surface area contributed by atoms with E-state index >= 15 is 0 Å². The van der Waals surface area contributed by atoms with Crippen molar-refractivity contribution in [2.75, 3.05) is 7.05 Å². The van der Waals surface area contributed by atoms with Crippen molar-refractivity contribution in [3.05, 3.63) is 35.4 Å². The smallest absolute Gasteiger partial charge is 0.224 e. The van der Waals surface area contributed by atoms with Gasteiger partial charge in [-0.05, 0) is 25.3 Å². The normalized spacial score (nSPS) is 16.0. The zero-order valence-corrected chi connectivity index (χ0v) is 12.2. The van der Waals surface area contributed by atoms with E-state index in [1.54, 1.807) is 7.05 Å². The average Bonchev–Trinajstić information content (AvgIpc) is 2.30. The number of halogens is 3. The standard InChI is InChI=1S/C14H18F2N2O.ClH/c1-18(13(19)8-14(17)5-2-6-14)9-10-3-4-11(15)7-12(10)16;/h3-4,7H,2,5-6,8-9,17H2,1H3;1H. The van der Waals surface area contributed by atoms with Crippen LogP contribution in [0.5, 0.6) is 0 Å². The fraction of sp³-hybridized carbons (Fsp3) is 0.500. The van der Waals surface area contributed by atoms with E-state index in [9.17, 15) is 13.6 Å². The van der Waals surface area contributed by atoms with Crippen LogP contribution in [-0.4, -0.2) is 23.4 Å². The molecule has 6 heteroatoms. The number of nitrogens with two attached hydrogens (primary N) is 1. The van der Waals surface area contributed by atoms with Crippen LogP contribution in [0.25, 0.3) is 0 Å². The highest BCUT2D eigenvalue weighted by molar-refractivity contribution is 5.85. The third kappa shape index (κ3) is 3.90. The molecule has 0 radical (unpaired) electrons. The molecule has 0 atom stereocenters. The quantitative estimate of drug-likeness (QED) is 0.929. The monoisotopic (exact) mass is 304 g/mol. The molecule has 0 saturated heterocycles. The van der Waals surface area contributed by atoms with E-state index in [1.807, 2.05) is 0 Å². The molecule has 0 unspecified atom stereocenters. The molecule has 3 nitrogen and oxygen atoms in total. The van der Waals surface area contributed by atoms with Crippen LogP contribution in [-0.2, 0) is 11.3 Å². The summed E-state index contributed by atoms with van der Waals surface area (Å²) < 4.78 is 26.3. The van der Waals surface area contributed by atoms with Crippen LogP contribution in [0.3, 0.4) is 0 Å². The number of carbonyl (C=O) groups excluding carboxylic acids is 1. The Hall–Kier alpha value is -1.20. The molecular weight excluding hydrogens is 286 g/mol. The number of rotatable bonds is 4. The minimum atomic E-state index is -0.634. The van der Waals surface area contributed by atoms with Gasteiger partial charge in [0.05, 0.1) is 0 Å². The molecule has 1 fully saturated rings. The maximum absolute atomic E-state index is 13.5. The van der Waals surface area contributed by atoms with E-state index in [0.29, 0.717) is 5.56 Å². The molecule has 1 aliphatic rings. The molecule has 0 heterocycles. The first-order valence-corrected chi connectivity index (χ1v) is 6.36. The van der Waals surface area contributed by atoms with Crippen LogP contribution in [0.15, 0.2) is 18.2 Å². The molecule has 1 aromatic carbocycles. The lowest BCUT2D eigenvalue weighted by Crippen LogP contribution is -2.50. The highest BCUT2D eigenvalue weighted by Gasteiger charge is 2.35. The number of nitrogens with zero attached hydrogens (tertiary/aromatic N) is 1. The number of hydrogen-bond acceptors (Lipinski definition) is 2. The molecule has 20 heavy (non-hydrogen) atoms. The van der Waals surface area contributed by atoms with Gasteiger partial charge in [0.2, 0.25) is 5.91 Å². The van der Waals surface area contributed by atoms with Crippen molar-refractivity contribution in [1.29, 1.82) is 0 Å². The summed E-state index contributed by atoms with van der Waals surface area (Å²) >= 11 is 0. The van der Waals surface area contributed by atoms with Crippen LogP contribution in [0.2, 0.25) is 0 Å². The second kappa shape index (κ2) is 6.50. The molecule has 1 aliphatic carbocycles. The molecule has 1 saturated carbocycles. The number of carbonyl (C=O) groups is 1. The van der Waals surface area contributed by atoms with Crippen molar-refractivity contribution < 1.29 is 13.6 Å². The Kier molecular flexibility index (Phi) is 5.48. The molecule has 1 amide bonds. The van der Waals surface area contributed by atoms with E-state index in [1.165, 1.54) is 17.0 Å². The lowest BCUT2D eigenvalue weighted by molar-refractivity contribution is -0.132. The van der Waals surface area contributed by atoms with Gasteiger partial charge in [-0.15, -0.1) is 12.4 Å². The summed E-state index contributed by atoms with van der Waals surface area (Å²) in [6.07, 6.45) is 3.06. The topological polar surface area (TPSA) is 46.3 Å². The molecule has 2 rings (SSSR count). The Bertz CT molecular complexity index is 492. The minimum absolute atomic E-state index is 0. The molecule has 0 bridgehead atoms. The fourth-order valence-corrected chi connectivity index (χ4v) is 2.24. The molecule has 0 spiro atoms. The summed E-state index contributed by atoms with van der Waals surface area (Å²) in [5.41, 5.74) is 5.93. The number of benzene rings is 1. The Labute approximate surface area is 123 Å². The minimum Gasteiger partial charge on any atom is -0.341 e. The summed E-state index contributed by atoms with van der Waals surface area (Å²) in [6, 6.07) is 3.37. The van der Waals surface area contributed by atoms with Crippen LogP contribution in [0.1, 0.15) is 31.2 Å². The van der Waals surface area contributed by atoms with E-state index < -0.39 is 11.6 Å². The second-order valence-electron chi connectivity index (χ2n) is 5.38. The van der Waals surface area contributed by atoms with Crippen molar-refractivity contribution >= 4 is 18.3 Å². The van der Waals surface area contributed by atoms with Crippen molar-refractivity contribution in [1.82, 2.24) is 4.90 Å². The lowest BCUT2D eigenvalue weighted by Gasteiger charge is -2.38. The van der Waals surface area contributed by atoms with Crippen LogP contribution >= 0.6 is 12.4 Å². The van der Waals surface area contributed by atoms with Crippen molar-refractivity contribution in [3.63, 3.8) is 0 Å². The summed E-state index contributed by atoms with van der Waals surface area (Å²) in [5, 5.41) is 0. The van der Waals surface area contributed by atoms with E-state index in [2.05, 4.69) is 0 Å². The van der Waals surface area contributed by atoms with E-state index in [-0.39, 0.29) is 36.8 Å². The Morgan fingerprint density at radius 2 is 2.05 bits per heavy atom. The zero-order valence-electron chi connectivity index (χ0n) is 11.4. The van der Waals surface area contributed by atoms with Crippen molar-refractivity contribution in [2.45, 2.75) is 37.8 Å². The zero-order chi connectivity index (χ0) is 14.0. The number of hydrogen-bond donors (Lipinski definition) is 1. The third-order valence-corrected chi connectivity index (χ3v) is 3.70. The molecule has 112 valence electrons. The Morgan fingerprint density at radius 3 is 2.55 bits per heavy atom. The van der Waals surface area contributed by atoms with Gasteiger partial charge in [-0.3, -0.25) is 4.79 Å². The average molecular weight is 305 g/mol. The first kappa shape index (κ1) is 16.9. The number of amides is 1. The summed E-state index contributed by atoms with van der Waals surface area (Å²) in [4.78, 5) is 13.4. The lowest BCUT2D eigenvalue weighted by atomic mass is 9.75. The fourth-order valence-electron chi connectivity index (χ4n) is 2.24. The first-order valence-electron chi connectivity index (χ1n) is 6.36. The van der Waals surface area contributed by atoms with Gasteiger partial charge in [-0.1, -0.05) is 6.07 Å². The highest BCUT2D eigenvalue weighted by Crippen LogP contribution is 2.32. The summed E-state index contributed by atoms with van der Waals surface area (Å²) in [6.45, 7) is 0.126. The predicted molar refractivity (Wildman–Crippen MR) is 75.5 cm³/mol. The van der Waals surface area contributed by atoms with Crippen LogP contribution in [0.4, 0.5) is 8.78 Å². The molecule has 1 aromatic rings. The Balaban J connectivity index is 0.00000200. The van der Waals surface area contributed by atoms with Gasteiger partial charge in [0, 0.05) is 37.2 Å². The summed E-state index contributed by atoms with van der Waals surface area (Å²) in [7, 11) is 1.60. The van der Waals surface area contributed by atoms with E-state index in [0.717, 1.165) is 25.3 Å². The highest BCUT2D eigenvalue weighted by atomic mass is 35.5. The van der Waals surface area contributed by atoms with Gasteiger partial charge in [-0.2, -0.15) is 0 Å². The first-order chi connectivity index (χ1) is 8.89. The van der Waals surface area contributed by atoms with Crippen molar-refractivity contribution in [3.8, 4) is 0 Å². The van der Waals surface area contributed by atoms with Crippen LogP contribution < -0.4 is 5.73 Å². The van der Waals surface area contributed by atoms with Crippen molar-refractivity contribution in [2.24, 2.45) is 5.73 Å². The summed E-state index contributed by atoms with van der Waals surface area (Å²) in [5.74, 6) is -1.36. The third-order valence-electron chi connectivity index (χ3n) is 3.70. The molecule has 0 aliphatic heterocycles. The maximum atomic E-state index is 13.5. The SMILES string of the molecule is CN(Cc1ccc(F)cc1F)C(=O)CC1(N)CCC1.Cl. The van der Waals surface area contributed by atoms with E-state index in [4.69, 9.17) is 5.73 Å².